The third-order valence-electron chi connectivity index (χ3n) is 4.34. The van der Waals surface area contributed by atoms with Gasteiger partial charge in [-0.15, -0.1) is 0 Å². The highest BCUT2D eigenvalue weighted by molar-refractivity contribution is 5.93. The van der Waals surface area contributed by atoms with Crippen molar-refractivity contribution in [3.8, 4) is 0 Å². The van der Waals surface area contributed by atoms with Crippen molar-refractivity contribution in [1.29, 1.82) is 0 Å². The van der Waals surface area contributed by atoms with Crippen LogP contribution in [0.3, 0.4) is 0 Å². The molecule has 6 nitrogen and oxygen atoms in total. The molecular formula is C19H28N4O2. The monoisotopic (exact) mass is 344 g/mol. The molecule has 0 aromatic heterocycles. The molecule has 1 aliphatic rings. The van der Waals surface area contributed by atoms with Crippen LogP contribution >= 0.6 is 0 Å². The fourth-order valence-corrected chi connectivity index (χ4v) is 2.98. The van der Waals surface area contributed by atoms with E-state index in [1.165, 1.54) is 0 Å². The third-order valence-corrected chi connectivity index (χ3v) is 4.34. The lowest BCUT2D eigenvalue weighted by atomic mass is 9.85. The predicted octanol–water partition coefficient (Wildman–Crippen LogP) is 2.00. The molecule has 1 aromatic rings. The lowest BCUT2D eigenvalue weighted by Crippen LogP contribution is -2.39. The van der Waals surface area contributed by atoms with Crippen molar-refractivity contribution in [3.05, 3.63) is 36.4 Å². The number of rotatable bonds is 6. The molecule has 6 heteroatoms. The number of likely N-dealkylation sites (N-methyl/N-ethyl adjacent to an activating group) is 1. The molecule has 0 unspecified atom stereocenters. The first-order valence-electron chi connectivity index (χ1n) is 8.72. The number of amides is 2. The van der Waals surface area contributed by atoms with Gasteiger partial charge in [0.25, 0.3) is 0 Å². The van der Waals surface area contributed by atoms with Gasteiger partial charge in [0.2, 0.25) is 11.8 Å². The summed E-state index contributed by atoms with van der Waals surface area (Å²) in [7, 11) is 3.91. The quantitative estimate of drug-likeness (QED) is 0.544. The molecule has 0 spiro atoms. The number of carbonyl (C=O) groups is 2. The average molecular weight is 344 g/mol. The minimum atomic E-state index is -0.0606. The zero-order chi connectivity index (χ0) is 18.2. The van der Waals surface area contributed by atoms with E-state index in [0.717, 1.165) is 37.9 Å². The van der Waals surface area contributed by atoms with Crippen LogP contribution in [-0.2, 0) is 9.59 Å². The van der Waals surface area contributed by atoms with Gasteiger partial charge < -0.3 is 21.3 Å². The maximum Gasteiger partial charge on any atom is 0.243 e. The average Bonchev–Trinajstić information content (AvgIpc) is 2.55. The van der Waals surface area contributed by atoms with Crippen LogP contribution in [0.2, 0.25) is 0 Å². The summed E-state index contributed by atoms with van der Waals surface area (Å²) in [5.41, 5.74) is 7.09. The number of hydrogen-bond donors (Lipinski definition) is 3. The summed E-state index contributed by atoms with van der Waals surface area (Å²) in [6.07, 6.45) is 6.63. The van der Waals surface area contributed by atoms with E-state index in [0.29, 0.717) is 5.69 Å². The van der Waals surface area contributed by atoms with Gasteiger partial charge >= 0.3 is 0 Å². The second-order valence-corrected chi connectivity index (χ2v) is 6.84. The standard InChI is InChI=1S/C19H28N4O2/c1-23(2)12-4-7-18(24)21-16-10-8-14(9-11-16)19(25)22-17-6-3-5-15(20)13-17/h3-7,13-14,16H,8-12,20H2,1-2H3,(H,21,24)(H,22,25)/b7-4+. The highest BCUT2D eigenvalue weighted by atomic mass is 16.2. The molecule has 0 aliphatic heterocycles. The number of nitrogens with two attached hydrogens (primary N) is 1. The largest absolute Gasteiger partial charge is 0.399 e. The fourth-order valence-electron chi connectivity index (χ4n) is 2.98. The van der Waals surface area contributed by atoms with Crippen LogP contribution in [0.5, 0.6) is 0 Å². The Kier molecular flexibility index (Phi) is 7.01. The summed E-state index contributed by atoms with van der Waals surface area (Å²) >= 11 is 0. The number of carbonyl (C=O) groups excluding carboxylic acids is 2. The molecule has 2 amide bonds. The molecule has 0 bridgehead atoms. The summed E-state index contributed by atoms with van der Waals surface area (Å²) in [6.45, 7) is 0.740. The first-order chi connectivity index (χ1) is 11.9. The Labute approximate surface area is 149 Å². The van der Waals surface area contributed by atoms with Gasteiger partial charge in [-0.25, -0.2) is 0 Å². The number of nitrogen functional groups attached to an aromatic ring is 1. The Balaban J connectivity index is 1.74. The Morgan fingerprint density at radius 2 is 1.96 bits per heavy atom. The molecule has 4 N–H and O–H groups in total. The van der Waals surface area contributed by atoms with E-state index < -0.39 is 0 Å². The van der Waals surface area contributed by atoms with Gasteiger partial charge in [-0.1, -0.05) is 12.1 Å². The fraction of sp³-hybridized carbons (Fsp3) is 0.474. The Bertz CT molecular complexity index is 620. The Morgan fingerprint density at radius 3 is 2.60 bits per heavy atom. The molecule has 0 radical (unpaired) electrons. The van der Waals surface area contributed by atoms with Gasteiger partial charge in [-0.3, -0.25) is 9.59 Å². The summed E-state index contributed by atoms with van der Waals surface area (Å²) in [5, 5.41) is 5.94. The first-order valence-corrected chi connectivity index (χ1v) is 8.72. The van der Waals surface area contributed by atoms with E-state index >= 15 is 0 Å². The maximum absolute atomic E-state index is 12.4. The molecule has 1 aliphatic carbocycles. The molecule has 2 rings (SSSR count). The molecule has 0 atom stereocenters. The van der Waals surface area contributed by atoms with Crippen LogP contribution in [-0.4, -0.2) is 43.4 Å². The lowest BCUT2D eigenvalue weighted by molar-refractivity contribution is -0.121. The van der Waals surface area contributed by atoms with E-state index in [1.54, 1.807) is 18.2 Å². The van der Waals surface area contributed by atoms with Crippen molar-refractivity contribution in [3.63, 3.8) is 0 Å². The van der Waals surface area contributed by atoms with Gasteiger partial charge in [-0.05, 0) is 58.0 Å². The van der Waals surface area contributed by atoms with Crippen molar-refractivity contribution >= 4 is 23.2 Å². The van der Waals surface area contributed by atoms with Gasteiger partial charge in [0.05, 0.1) is 0 Å². The maximum atomic E-state index is 12.4. The van der Waals surface area contributed by atoms with Crippen LogP contribution < -0.4 is 16.4 Å². The summed E-state index contributed by atoms with van der Waals surface area (Å²) in [4.78, 5) is 26.2. The van der Waals surface area contributed by atoms with E-state index in [1.807, 2.05) is 37.2 Å². The van der Waals surface area contributed by atoms with Crippen LogP contribution in [0.1, 0.15) is 25.7 Å². The van der Waals surface area contributed by atoms with Gasteiger partial charge in [0.15, 0.2) is 0 Å². The normalized spacial score (nSPS) is 20.6. The minimum Gasteiger partial charge on any atom is -0.399 e. The number of hydrogen-bond acceptors (Lipinski definition) is 4. The van der Waals surface area contributed by atoms with E-state index in [9.17, 15) is 9.59 Å². The van der Waals surface area contributed by atoms with E-state index in [4.69, 9.17) is 5.73 Å². The lowest BCUT2D eigenvalue weighted by Gasteiger charge is -2.28. The number of anilines is 2. The summed E-state index contributed by atoms with van der Waals surface area (Å²) in [6, 6.07) is 7.34. The molecular weight excluding hydrogens is 316 g/mol. The topological polar surface area (TPSA) is 87.5 Å². The molecule has 136 valence electrons. The second kappa shape index (κ2) is 9.22. The van der Waals surface area contributed by atoms with Gasteiger partial charge in [-0.2, -0.15) is 0 Å². The smallest absolute Gasteiger partial charge is 0.243 e. The van der Waals surface area contributed by atoms with Gasteiger partial charge in [0, 0.05) is 36.0 Å². The Morgan fingerprint density at radius 1 is 1.24 bits per heavy atom. The number of nitrogens with zero attached hydrogens (tertiary/aromatic N) is 1. The molecule has 1 fully saturated rings. The van der Waals surface area contributed by atoms with Crippen molar-refractivity contribution < 1.29 is 9.59 Å². The molecule has 1 aromatic carbocycles. The van der Waals surface area contributed by atoms with Crippen LogP contribution in [0.4, 0.5) is 11.4 Å². The predicted molar refractivity (Wildman–Crippen MR) is 101 cm³/mol. The van der Waals surface area contributed by atoms with Crippen molar-refractivity contribution in [1.82, 2.24) is 10.2 Å². The van der Waals surface area contributed by atoms with Crippen molar-refractivity contribution in [2.75, 3.05) is 31.7 Å². The van der Waals surface area contributed by atoms with Crippen molar-refractivity contribution in [2.24, 2.45) is 5.92 Å². The van der Waals surface area contributed by atoms with Crippen LogP contribution in [0.25, 0.3) is 0 Å². The highest BCUT2D eigenvalue weighted by Crippen LogP contribution is 2.26. The summed E-state index contributed by atoms with van der Waals surface area (Å²) < 4.78 is 0. The second-order valence-electron chi connectivity index (χ2n) is 6.84. The first kappa shape index (κ1) is 19.0. The SMILES string of the molecule is CN(C)C/C=C/C(=O)NC1CCC(C(=O)Nc2cccc(N)c2)CC1. The molecule has 25 heavy (non-hydrogen) atoms. The molecule has 0 saturated heterocycles. The van der Waals surface area contributed by atoms with Crippen LogP contribution in [0, 0.1) is 5.92 Å². The third kappa shape index (κ3) is 6.58. The molecule has 1 saturated carbocycles. The molecule has 0 heterocycles. The highest BCUT2D eigenvalue weighted by Gasteiger charge is 2.26. The Hall–Kier alpha value is -2.34. The van der Waals surface area contributed by atoms with E-state index in [-0.39, 0.29) is 23.8 Å². The minimum absolute atomic E-state index is 0.0149. The van der Waals surface area contributed by atoms with E-state index in [2.05, 4.69) is 10.6 Å². The number of benzene rings is 1. The van der Waals surface area contributed by atoms with Gasteiger partial charge in [0.1, 0.15) is 0 Å². The summed E-state index contributed by atoms with van der Waals surface area (Å²) in [5.74, 6) is -0.0466. The van der Waals surface area contributed by atoms with Crippen molar-refractivity contribution in [2.45, 2.75) is 31.7 Å². The number of nitrogens with one attached hydrogen (secondary N) is 2. The van der Waals surface area contributed by atoms with Crippen LogP contribution in [0.15, 0.2) is 36.4 Å². The zero-order valence-electron chi connectivity index (χ0n) is 15.0. The zero-order valence-corrected chi connectivity index (χ0v) is 15.0.